The Hall–Kier alpha value is -2.97. The first-order chi connectivity index (χ1) is 13.9. The van der Waals surface area contributed by atoms with Gasteiger partial charge in [0.1, 0.15) is 11.4 Å². The van der Waals surface area contributed by atoms with Gasteiger partial charge in [-0.3, -0.25) is 14.2 Å². The summed E-state index contributed by atoms with van der Waals surface area (Å²) in [6.45, 7) is 0.639. The van der Waals surface area contributed by atoms with Gasteiger partial charge in [0.25, 0.3) is 5.56 Å². The van der Waals surface area contributed by atoms with Crippen LogP contribution in [0.25, 0.3) is 10.9 Å². The lowest BCUT2D eigenvalue weighted by Crippen LogP contribution is -2.35. The number of amides is 1. The molecule has 0 saturated carbocycles. The van der Waals surface area contributed by atoms with Crippen LogP contribution in [0.2, 0.25) is 0 Å². The molecule has 0 spiro atoms. The van der Waals surface area contributed by atoms with Crippen molar-refractivity contribution in [2.75, 3.05) is 20.3 Å². The van der Waals surface area contributed by atoms with Gasteiger partial charge in [0.05, 0.1) is 10.4 Å². The van der Waals surface area contributed by atoms with E-state index in [2.05, 4.69) is 5.32 Å². The predicted molar refractivity (Wildman–Crippen MR) is 110 cm³/mol. The van der Waals surface area contributed by atoms with Crippen LogP contribution in [0.15, 0.2) is 75.2 Å². The van der Waals surface area contributed by atoms with Crippen LogP contribution in [-0.4, -0.2) is 39.2 Å². The second-order valence-corrected chi connectivity index (χ2v) is 8.39. The summed E-state index contributed by atoms with van der Waals surface area (Å²) < 4.78 is 32.3. The molecule has 0 radical (unpaired) electrons. The lowest BCUT2D eigenvalue weighted by molar-refractivity contribution is -0.121. The highest BCUT2D eigenvalue weighted by Gasteiger charge is 2.24. The molecule has 3 rings (SSSR count). The van der Waals surface area contributed by atoms with Crippen LogP contribution in [0.4, 0.5) is 0 Å². The number of rotatable bonds is 8. The average Bonchev–Trinajstić information content (AvgIpc) is 2.73. The van der Waals surface area contributed by atoms with Gasteiger partial charge < -0.3 is 10.1 Å². The molecule has 8 heteroatoms. The van der Waals surface area contributed by atoms with E-state index in [0.717, 1.165) is 0 Å². The number of carbonyl (C=O) groups is 1. The Balaban J connectivity index is 2.05. The molecule has 0 unspecified atom stereocenters. The monoisotopic (exact) mass is 414 g/mol. The van der Waals surface area contributed by atoms with Crippen molar-refractivity contribution in [1.82, 2.24) is 9.88 Å². The highest BCUT2D eigenvalue weighted by molar-refractivity contribution is 7.91. The third kappa shape index (κ3) is 4.55. The highest BCUT2D eigenvalue weighted by atomic mass is 32.2. The van der Waals surface area contributed by atoms with E-state index < -0.39 is 15.4 Å². The molecule has 7 nitrogen and oxygen atoms in total. The first-order valence-corrected chi connectivity index (χ1v) is 10.6. The zero-order chi connectivity index (χ0) is 20.9. The van der Waals surface area contributed by atoms with E-state index in [1.807, 2.05) is 0 Å². The van der Waals surface area contributed by atoms with E-state index >= 15 is 0 Å². The zero-order valence-corrected chi connectivity index (χ0v) is 16.8. The van der Waals surface area contributed by atoms with Crippen molar-refractivity contribution >= 4 is 26.6 Å². The fourth-order valence-electron chi connectivity index (χ4n) is 3.02. The van der Waals surface area contributed by atoms with E-state index in [1.165, 1.54) is 22.8 Å². The summed E-state index contributed by atoms with van der Waals surface area (Å²) in [5.41, 5.74) is -0.226. The van der Waals surface area contributed by atoms with Gasteiger partial charge in [0.15, 0.2) is 0 Å². The Morgan fingerprint density at radius 1 is 1.07 bits per heavy atom. The molecule has 0 bridgehead atoms. The Morgan fingerprint density at radius 2 is 1.76 bits per heavy atom. The summed E-state index contributed by atoms with van der Waals surface area (Å²) in [6, 6.07) is 16.0. The van der Waals surface area contributed by atoms with Crippen LogP contribution in [0, 0.1) is 0 Å². The summed E-state index contributed by atoms with van der Waals surface area (Å²) in [5.74, 6) is -0.373. The summed E-state index contributed by atoms with van der Waals surface area (Å²) in [4.78, 5) is 25.1. The van der Waals surface area contributed by atoms with Crippen molar-refractivity contribution in [2.24, 2.45) is 0 Å². The number of hydrogen-bond donors (Lipinski definition) is 1. The third-order valence-corrected chi connectivity index (χ3v) is 6.23. The van der Waals surface area contributed by atoms with Crippen LogP contribution >= 0.6 is 0 Å². The summed E-state index contributed by atoms with van der Waals surface area (Å²) in [6.07, 6.45) is 0.639. The smallest absolute Gasteiger partial charge is 0.270 e. The van der Waals surface area contributed by atoms with Gasteiger partial charge >= 0.3 is 0 Å². The molecule has 0 aliphatic carbocycles. The van der Waals surface area contributed by atoms with E-state index in [0.29, 0.717) is 30.5 Å². The lowest BCUT2D eigenvalue weighted by Gasteiger charge is -2.13. The Morgan fingerprint density at radius 3 is 2.48 bits per heavy atom. The maximum atomic E-state index is 13.1. The summed E-state index contributed by atoms with van der Waals surface area (Å²) in [5, 5.41) is 3.28. The minimum Gasteiger partial charge on any atom is -0.385 e. The molecule has 29 heavy (non-hydrogen) atoms. The predicted octanol–water partition coefficient (Wildman–Crippen LogP) is 1.99. The van der Waals surface area contributed by atoms with Gasteiger partial charge in [0, 0.05) is 20.3 Å². The van der Waals surface area contributed by atoms with E-state index in [4.69, 9.17) is 4.74 Å². The molecule has 1 N–H and O–H groups in total. The number of ether oxygens (including phenoxy) is 1. The SMILES string of the molecule is COCCCNC(=O)Cn1c(=O)c(S(=O)(=O)c2ccccc2)cc2ccccc21. The molecule has 0 aliphatic rings. The van der Waals surface area contributed by atoms with Gasteiger partial charge in [-0.2, -0.15) is 0 Å². The van der Waals surface area contributed by atoms with E-state index in [-0.39, 0.29) is 22.2 Å². The van der Waals surface area contributed by atoms with Crippen molar-refractivity contribution in [3.8, 4) is 0 Å². The molecular weight excluding hydrogens is 392 g/mol. The number of para-hydroxylation sites is 1. The lowest BCUT2D eigenvalue weighted by atomic mass is 10.2. The van der Waals surface area contributed by atoms with Crippen molar-refractivity contribution in [3.63, 3.8) is 0 Å². The number of benzene rings is 2. The molecule has 1 heterocycles. The minimum atomic E-state index is -4.03. The Labute approximate surface area is 168 Å². The minimum absolute atomic E-state index is 0.0305. The van der Waals surface area contributed by atoms with Crippen molar-refractivity contribution in [2.45, 2.75) is 22.8 Å². The van der Waals surface area contributed by atoms with E-state index in [9.17, 15) is 18.0 Å². The molecule has 0 saturated heterocycles. The number of aromatic nitrogens is 1. The van der Waals surface area contributed by atoms with Gasteiger partial charge in [-0.05, 0) is 36.1 Å². The van der Waals surface area contributed by atoms with Crippen LogP contribution in [-0.2, 0) is 25.9 Å². The summed E-state index contributed by atoms with van der Waals surface area (Å²) in [7, 11) is -2.45. The fraction of sp³-hybridized carbons (Fsp3) is 0.238. The number of methoxy groups -OCH3 is 1. The number of pyridine rings is 1. The molecular formula is C21H22N2O5S. The van der Waals surface area contributed by atoms with Gasteiger partial charge in [-0.25, -0.2) is 8.42 Å². The van der Waals surface area contributed by atoms with Gasteiger partial charge in [0.2, 0.25) is 15.7 Å². The van der Waals surface area contributed by atoms with Crippen molar-refractivity contribution in [1.29, 1.82) is 0 Å². The quantitative estimate of drug-likeness (QED) is 0.569. The van der Waals surface area contributed by atoms with Crippen molar-refractivity contribution in [3.05, 3.63) is 71.0 Å². The number of nitrogens with zero attached hydrogens (tertiary/aromatic N) is 1. The number of carbonyl (C=O) groups excluding carboxylic acids is 1. The van der Waals surface area contributed by atoms with Crippen molar-refractivity contribution < 1.29 is 17.9 Å². The summed E-state index contributed by atoms with van der Waals surface area (Å²) >= 11 is 0. The van der Waals surface area contributed by atoms with Crippen LogP contribution in [0.3, 0.4) is 0 Å². The van der Waals surface area contributed by atoms with Gasteiger partial charge in [-0.15, -0.1) is 0 Å². The molecule has 0 atom stereocenters. The average molecular weight is 414 g/mol. The Bertz CT molecular complexity index is 1170. The maximum absolute atomic E-state index is 13.1. The normalized spacial score (nSPS) is 11.5. The molecule has 3 aromatic rings. The topological polar surface area (TPSA) is 94.5 Å². The largest absolute Gasteiger partial charge is 0.385 e. The third-order valence-electron chi connectivity index (χ3n) is 4.46. The molecule has 152 valence electrons. The second kappa shape index (κ2) is 9.02. The number of nitrogens with one attached hydrogen (secondary N) is 1. The number of fused-ring (bicyclic) bond motifs is 1. The second-order valence-electron chi connectivity index (χ2n) is 6.47. The standard InChI is InChI=1S/C21H22N2O5S/c1-28-13-7-12-22-20(24)15-23-18-11-6-5-8-16(18)14-19(21(23)25)29(26,27)17-9-3-2-4-10-17/h2-6,8-11,14H,7,12-13,15H2,1H3,(H,22,24). The molecule has 0 fully saturated rings. The number of hydrogen-bond acceptors (Lipinski definition) is 5. The fourth-order valence-corrected chi connectivity index (χ4v) is 4.41. The van der Waals surface area contributed by atoms with Crippen LogP contribution in [0.5, 0.6) is 0 Å². The van der Waals surface area contributed by atoms with E-state index in [1.54, 1.807) is 49.6 Å². The molecule has 0 aliphatic heterocycles. The molecule has 2 aromatic carbocycles. The maximum Gasteiger partial charge on any atom is 0.270 e. The highest BCUT2D eigenvalue weighted by Crippen LogP contribution is 2.21. The zero-order valence-electron chi connectivity index (χ0n) is 16.0. The van der Waals surface area contributed by atoms with Crippen LogP contribution in [0.1, 0.15) is 6.42 Å². The Kier molecular flexibility index (Phi) is 6.46. The molecule has 1 aromatic heterocycles. The first kappa shape index (κ1) is 20.8. The first-order valence-electron chi connectivity index (χ1n) is 9.13. The number of sulfone groups is 1. The van der Waals surface area contributed by atoms with Crippen LogP contribution < -0.4 is 10.9 Å². The molecule has 1 amide bonds. The van der Waals surface area contributed by atoms with Gasteiger partial charge in [-0.1, -0.05) is 36.4 Å².